The summed E-state index contributed by atoms with van der Waals surface area (Å²) in [6.07, 6.45) is 14.9. The second-order valence-corrected chi connectivity index (χ2v) is 7.53. The van der Waals surface area contributed by atoms with Crippen molar-refractivity contribution in [3.8, 4) is 11.4 Å². The third kappa shape index (κ3) is 3.30. The fourth-order valence-electron chi connectivity index (χ4n) is 4.02. The molecule has 3 heterocycles. The molecule has 0 saturated carbocycles. The third-order valence-corrected chi connectivity index (χ3v) is 5.61. The van der Waals surface area contributed by atoms with E-state index in [9.17, 15) is 0 Å². The molecule has 5 rings (SSSR count). The largest absolute Gasteiger partial charge is 0.399 e. The van der Waals surface area contributed by atoms with E-state index in [-0.39, 0.29) is 0 Å². The molecule has 31 heavy (non-hydrogen) atoms. The lowest BCUT2D eigenvalue weighted by Gasteiger charge is -2.04. The van der Waals surface area contributed by atoms with E-state index in [0.717, 1.165) is 62.0 Å². The van der Waals surface area contributed by atoms with Crippen LogP contribution >= 0.6 is 0 Å². The van der Waals surface area contributed by atoms with Gasteiger partial charge in [-0.15, -0.1) is 0 Å². The summed E-state index contributed by atoms with van der Waals surface area (Å²) in [6, 6.07) is 10.4. The SMILES string of the molecule is C=C/C(N)=C\C(=C/C)c1ccc2[nH]nc(-c3cc4c(C5=CCC=C5)nccc4[nH]3)c2c1. The lowest BCUT2D eigenvalue weighted by molar-refractivity contribution is 1.12. The number of aromatic nitrogens is 4. The summed E-state index contributed by atoms with van der Waals surface area (Å²) in [5.74, 6) is 0. The van der Waals surface area contributed by atoms with Crippen LogP contribution in [0.25, 0.3) is 44.3 Å². The summed E-state index contributed by atoms with van der Waals surface area (Å²) in [6.45, 7) is 5.74. The number of aromatic amines is 2. The number of nitrogens with one attached hydrogen (secondary N) is 2. The van der Waals surface area contributed by atoms with Crippen molar-refractivity contribution >= 4 is 33.0 Å². The van der Waals surface area contributed by atoms with Crippen LogP contribution in [0, 0.1) is 0 Å². The lowest BCUT2D eigenvalue weighted by atomic mass is 10.0. The molecule has 152 valence electrons. The number of nitrogens with two attached hydrogens (primary N) is 1. The highest BCUT2D eigenvalue weighted by molar-refractivity contribution is 6.00. The van der Waals surface area contributed by atoms with Crippen molar-refractivity contribution in [2.24, 2.45) is 5.73 Å². The highest BCUT2D eigenvalue weighted by atomic mass is 15.1. The van der Waals surface area contributed by atoms with Crippen LogP contribution in [0.4, 0.5) is 0 Å². The Balaban J connectivity index is 1.64. The van der Waals surface area contributed by atoms with Crippen molar-refractivity contribution in [3.63, 3.8) is 0 Å². The molecule has 3 aromatic heterocycles. The molecule has 0 radical (unpaired) electrons. The lowest BCUT2D eigenvalue weighted by Crippen LogP contribution is -1.93. The minimum atomic E-state index is 0.631. The average molecular weight is 406 g/mol. The number of nitrogens with zero attached hydrogens (tertiary/aromatic N) is 2. The maximum atomic E-state index is 5.97. The monoisotopic (exact) mass is 405 g/mol. The molecule has 1 aliphatic rings. The minimum Gasteiger partial charge on any atom is -0.399 e. The molecule has 0 amide bonds. The van der Waals surface area contributed by atoms with Crippen LogP contribution < -0.4 is 5.73 Å². The van der Waals surface area contributed by atoms with E-state index < -0.39 is 0 Å². The summed E-state index contributed by atoms with van der Waals surface area (Å²) in [5, 5.41) is 9.90. The molecule has 5 heteroatoms. The highest BCUT2D eigenvalue weighted by Crippen LogP contribution is 2.33. The number of hydrogen-bond acceptors (Lipinski definition) is 3. The summed E-state index contributed by atoms with van der Waals surface area (Å²) < 4.78 is 0. The van der Waals surface area contributed by atoms with Crippen molar-refractivity contribution in [2.75, 3.05) is 0 Å². The topological polar surface area (TPSA) is 83.4 Å². The maximum Gasteiger partial charge on any atom is 0.116 e. The molecule has 4 N–H and O–H groups in total. The number of H-pyrrole nitrogens is 2. The zero-order valence-corrected chi connectivity index (χ0v) is 17.3. The number of rotatable bonds is 5. The van der Waals surface area contributed by atoms with E-state index in [2.05, 4.69) is 63.2 Å². The zero-order chi connectivity index (χ0) is 21.4. The highest BCUT2D eigenvalue weighted by Gasteiger charge is 2.15. The van der Waals surface area contributed by atoms with Gasteiger partial charge in [-0.25, -0.2) is 0 Å². The van der Waals surface area contributed by atoms with Gasteiger partial charge in [0.1, 0.15) is 5.69 Å². The molecule has 0 aliphatic heterocycles. The van der Waals surface area contributed by atoms with Crippen molar-refractivity contribution in [1.29, 1.82) is 0 Å². The maximum absolute atomic E-state index is 5.97. The molecule has 0 unspecified atom stereocenters. The Kier molecular flexibility index (Phi) is 4.64. The van der Waals surface area contributed by atoms with Crippen LogP contribution in [0.2, 0.25) is 0 Å². The molecule has 0 fully saturated rings. The fourth-order valence-corrected chi connectivity index (χ4v) is 4.02. The van der Waals surface area contributed by atoms with E-state index in [1.54, 1.807) is 6.08 Å². The van der Waals surface area contributed by atoms with Gasteiger partial charge in [0.05, 0.1) is 16.9 Å². The van der Waals surface area contributed by atoms with E-state index in [4.69, 9.17) is 5.73 Å². The zero-order valence-electron chi connectivity index (χ0n) is 17.3. The van der Waals surface area contributed by atoms with Gasteiger partial charge in [0.25, 0.3) is 0 Å². The van der Waals surface area contributed by atoms with Crippen molar-refractivity contribution < 1.29 is 0 Å². The number of hydrogen-bond donors (Lipinski definition) is 3. The molecule has 0 bridgehead atoms. The smallest absolute Gasteiger partial charge is 0.116 e. The predicted molar refractivity (Wildman–Crippen MR) is 129 cm³/mol. The standard InChI is InChI=1S/C26H23N5/c1-3-16(13-19(27)4-2)18-9-10-23-20(14-18)26(31-30-23)24-15-21-22(29-24)11-12-28-25(21)17-7-5-6-8-17/h3-5,7-15,29H,2,6,27H2,1H3,(H,30,31)/b16-3+,19-13+. The first-order valence-electron chi connectivity index (χ1n) is 10.3. The molecule has 0 atom stereocenters. The Morgan fingerprint density at radius 1 is 1.13 bits per heavy atom. The Hall–Kier alpha value is -4.12. The Morgan fingerprint density at radius 2 is 2.00 bits per heavy atom. The quantitative estimate of drug-likeness (QED) is 0.363. The van der Waals surface area contributed by atoms with Gasteiger partial charge >= 0.3 is 0 Å². The van der Waals surface area contributed by atoms with Crippen LogP contribution in [0.3, 0.4) is 0 Å². The normalized spacial score (nSPS) is 14.5. The summed E-state index contributed by atoms with van der Waals surface area (Å²) in [7, 11) is 0. The number of pyridine rings is 1. The molecule has 0 saturated heterocycles. The average Bonchev–Trinajstić information content (AvgIpc) is 3.55. The second kappa shape index (κ2) is 7.61. The molecular formula is C26H23N5. The van der Waals surface area contributed by atoms with Crippen molar-refractivity contribution in [1.82, 2.24) is 20.2 Å². The number of benzene rings is 1. The van der Waals surface area contributed by atoms with Crippen LogP contribution in [-0.4, -0.2) is 20.2 Å². The number of fused-ring (bicyclic) bond motifs is 2. The van der Waals surface area contributed by atoms with Gasteiger partial charge in [-0.2, -0.15) is 5.10 Å². The van der Waals surface area contributed by atoms with E-state index in [1.807, 2.05) is 37.4 Å². The van der Waals surface area contributed by atoms with Gasteiger partial charge in [0, 0.05) is 28.2 Å². The van der Waals surface area contributed by atoms with Gasteiger partial charge in [0.2, 0.25) is 0 Å². The second-order valence-electron chi connectivity index (χ2n) is 7.53. The molecule has 1 aromatic carbocycles. The van der Waals surface area contributed by atoms with Crippen LogP contribution in [0.1, 0.15) is 24.6 Å². The summed E-state index contributed by atoms with van der Waals surface area (Å²) >= 11 is 0. The first kappa shape index (κ1) is 18.9. The van der Waals surface area contributed by atoms with Gasteiger partial charge in [-0.05, 0) is 66.5 Å². The van der Waals surface area contributed by atoms with E-state index in [0.29, 0.717) is 5.70 Å². The Labute approximate surface area is 180 Å². The van der Waals surface area contributed by atoms with Gasteiger partial charge in [0.15, 0.2) is 0 Å². The molecule has 0 spiro atoms. The van der Waals surface area contributed by atoms with Crippen molar-refractivity contribution in [3.05, 3.63) is 96.5 Å². The van der Waals surface area contributed by atoms with Gasteiger partial charge in [-0.1, -0.05) is 36.9 Å². The first-order chi connectivity index (χ1) is 15.2. The summed E-state index contributed by atoms with van der Waals surface area (Å²) in [5.41, 5.74) is 14.7. The van der Waals surface area contributed by atoms with Crippen molar-refractivity contribution in [2.45, 2.75) is 13.3 Å². The molecule has 4 aromatic rings. The van der Waals surface area contributed by atoms with Crippen LogP contribution in [-0.2, 0) is 0 Å². The van der Waals surface area contributed by atoms with Crippen LogP contribution in [0.5, 0.6) is 0 Å². The first-order valence-corrected chi connectivity index (χ1v) is 10.3. The van der Waals surface area contributed by atoms with E-state index in [1.165, 1.54) is 0 Å². The number of allylic oxidation sites excluding steroid dienone is 8. The molecule has 1 aliphatic carbocycles. The minimum absolute atomic E-state index is 0.631. The summed E-state index contributed by atoms with van der Waals surface area (Å²) in [4.78, 5) is 8.15. The Bertz CT molecular complexity index is 1440. The van der Waals surface area contributed by atoms with Crippen LogP contribution in [0.15, 0.2) is 85.3 Å². The predicted octanol–water partition coefficient (Wildman–Crippen LogP) is 5.88. The molecule has 5 nitrogen and oxygen atoms in total. The van der Waals surface area contributed by atoms with E-state index >= 15 is 0 Å². The van der Waals surface area contributed by atoms with Gasteiger partial charge < -0.3 is 10.7 Å². The fraction of sp³-hybridized carbons (Fsp3) is 0.0769. The third-order valence-electron chi connectivity index (χ3n) is 5.61. The Morgan fingerprint density at radius 3 is 2.77 bits per heavy atom. The molecular weight excluding hydrogens is 382 g/mol. The van der Waals surface area contributed by atoms with Gasteiger partial charge in [-0.3, -0.25) is 10.1 Å².